The minimum absolute atomic E-state index is 0.407. The monoisotopic (exact) mass is 271 g/mol. The van der Waals surface area contributed by atoms with E-state index in [0.29, 0.717) is 10.2 Å². The Morgan fingerprint density at radius 2 is 2.05 bits per heavy atom. The highest BCUT2D eigenvalue weighted by atomic mass is 32.1. The van der Waals surface area contributed by atoms with Crippen LogP contribution in [0.3, 0.4) is 0 Å². The summed E-state index contributed by atoms with van der Waals surface area (Å²) in [5.41, 5.74) is 7.44. The molecule has 2 aromatic rings. The fourth-order valence-corrected chi connectivity index (χ4v) is 2.96. The molecule has 2 heterocycles. The third-order valence-electron chi connectivity index (χ3n) is 2.92. The summed E-state index contributed by atoms with van der Waals surface area (Å²) in [5.74, 6) is -0.421. The van der Waals surface area contributed by atoms with Crippen molar-refractivity contribution >= 4 is 38.8 Å². The zero-order valence-corrected chi connectivity index (χ0v) is 11.0. The van der Waals surface area contributed by atoms with E-state index in [9.17, 15) is 5.11 Å². The summed E-state index contributed by atoms with van der Waals surface area (Å²) in [6.07, 6.45) is 7.91. The second kappa shape index (κ2) is 4.44. The van der Waals surface area contributed by atoms with Gasteiger partial charge in [-0.25, -0.2) is 4.98 Å². The lowest BCUT2D eigenvalue weighted by molar-refractivity contribution is -0.287. The molecule has 1 aliphatic rings. The number of fused-ring (bicyclic) bond motifs is 1. The van der Waals surface area contributed by atoms with Crippen molar-refractivity contribution in [2.75, 3.05) is 12.8 Å². The number of pyridine rings is 1. The fraction of sp³-hybridized carbons (Fsp3) is 0.0714. The number of aromatic nitrogens is 1. The number of methoxy groups -OCH3 is 1. The van der Waals surface area contributed by atoms with Crippen molar-refractivity contribution in [3.8, 4) is 0 Å². The number of thiophene rings is 1. The second-order valence-electron chi connectivity index (χ2n) is 4.06. The Kier molecular flexibility index (Phi) is 2.76. The summed E-state index contributed by atoms with van der Waals surface area (Å²) in [4.78, 5) is 5.29. The van der Waals surface area contributed by atoms with Gasteiger partial charge in [0.1, 0.15) is 4.83 Å². The van der Waals surface area contributed by atoms with E-state index in [1.54, 1.807) is 0 Å². The Hall–Kier alpha value is -2.27. The predicted molar refractivity (Wildman–Crippen MR) is 75.4 cm³/mol. The van der Waals surface area contributed by atoms with Gasteiger partial charge in [-0.15, -0.1) is 11.3 Å². The molecule has 4 nitrogen and oxygen atoms in total. The Balaban J connectivity index is 2.35. The van der Waals surface area contributed by atoms with Gasteiger partial charge in [0.25, 0.3) is 0 Å². The predicted octanol–water partition coefficient (Wildman–Crippen LogP) is 0.228. The standard InChI is InChI=1S/C14H12N2O2S/c1-18-14(17)12-11(15)9-6-7-10(16-13(9)19-12)8-4-2-3-5-8/h2-7,17H,15H2,1H3/p-1. The topological polar surface area (TPSA) is 71.2 Å². The maximum absolute atomic E-state index is 11.6. The van der Waals surface area contributed by atoms with Crippen LogP contribution in [0.5, 0.6) is 0 Å². The van der Waals surface area contributed by atoms with E-state index in [-0.39, 0.29) is 0 Å². The molecule has 0 unspecified atom stereocenters. The van der Waals surface area contributed by atoms with E-state index in [4.69, 9.17) is 10.5 Å². The van der Waals surface area contributed by atoms with Crippen molar-refractivity contribution < 1.29 is 9.84 Å². The molecule has 2 N–H and O–H groups in total. The van der Waals surface area contributed by atoms with Gasteiger partial charge in [0.15, 0.2) is 0 Å². The molecule has 0 fully saturated rings. The van der Waals surface area contributed by atoms with Crippen LogP contribution in [0.15, 0.2) is 36.4 Å². The number of anilines is 1. The lowest BCUT2D eigenvalue weighted by atomic mass is 10.2. The molecule has 0 saturated carbocycles. The van der Waals surface area contributed by atoms with Crippen molar-refractivity contribution in [2.24, 2.45) is 0 Å². The van der Waals surface area contributed by atoms with Crippen molar-refractivity contribution in [3.63, 3.8) is 0 Å². The Morgan fingerprint density at radius 1 is 1.32 bits per heavy atom. The number of allylic oxidation sites excluding steroid dienone is 4. The molecular formula is C14H11N2O2S-. The smallest absolute Gasteiger partial charge is 0.126 e. The van der Waals surface area contributed by atoms with E-state index in [2.05, 4.69) is 4.98 Å². The first kappa shape index (κ1) is 11.8. The van der Waals surface area contributed by atoms with Crippen LogP contribution in [-0.4, -0.2) is 12.1 Å². The van der Waals surface area contributed by atoms with E-state index >= 15 is 0 Å². The summed E-state index contributed by atoms with van der Waals surface area (Å²) in [5, 5.41) is 13.3. The first-order chi connectivity index (χ1) is 9.20. The molecule has 0 aliphatic heterocycles. The van der Waals surface area contributed by atoms with Crippen LogP contribution in [0, 0.1) is 0 Å². The third-order valence-corrected chi connectivity index (χ3v) is 4.02. The van der Waals surface area contributed by atoms with Crippen LogP contribution in [-0.2, 0) is 4.74 Å². The van der Waals surface area contributed by atoms with Gasteiger partial charge in [0, 0.05) is 11.0 Å². The number of hydrogen-bond acceptors (Lipinski definition) is 5. The first-order valence-corrected chi connectivity index (χ1v) is 6.52. The third kappa shape index (κ3) is 1.88. The van der Waals surface area contributed by atoms with Gasteiger partial charge in [-0.2, -0.15) is 0 Å². The molecule has 0 saturated heterocycles. The van der Waals surface area contributed by atoms with Gasteiger partial charge in [-0.05, 0) is 19.2 Å². The van der Waals surface area contributed by atoms with Gasteiger partial charge < -0.3 is 15.6 Å². The van der Waals surface area contributed by atoms with Crippen LogP contribution in [0.2, 0.25) is 0 Å². The SMILES string of the molecule is COC([O-])=c1sc2nc(=C3C=CC=C3)ccc2c1N. The highest BCUT2D eigenvalue weighted by Crippen LogP contribution is 2.20. The maximum Gasteiger partial charge on any atom is 0.126 e. The number of nitrogens with two attached hydrogens (primary N) is 1. The maximum atomic E-state index is 11.6. The fourth-order valence-electron chi connectivity index (χ4n) is 1.95. The lowest BCUT2D eigenvalue weighted by Crippen LogP contribution is -2.17. The summed E-state index contributed by atoms with van der Waals surface area (Å²) in [6.45, 7) is 0. The van der Waals surface area contributed by atoms with E-state index < -0.39 is 5.95 Å². The molecule has 96 valence electrons. The number of rotatable bonds is 1. The molecule has 19 heavy (non-hydrogen) atoms. The van der Waals surface area contributed by atoms with Crippen molar-refractivity contribution in [1.29, 1.82) is 0 Å². The zero-order chi connectivity index (χ0) is 13.4. The molecule has 3 rings (SSSR count). The van der Waals surface area contributed by atoms with Crippen molar-refractivity contribution in [1.82, 2.24) is 4.98 Å². The summed E-state index contributed by atoms with van der Waals surface area (Å²) in [6, 6.07) is 3.80. The summed E-state index contributed by atoms with van der Waals surface area (Å²) >= 11 is 1.26. The Labute approximate surface area is 113 Å². The number of nitrogens with zero attached hydrogens (tertiary/aromatic N) is 1. The van der Waals surface area contributed by atoms with E-state index in [0.717, 1.165) is 21.1 Å². The molecule has 0 radical (unpaired) electrons. The number of hydrogen-bond donors (Lipinski definition) is 1. The molecule has 0 bridgehead atoms. The molecule has 0 atom stereocenters. The van der Waals surface area contributed by atoms with E-state index in [1.807, 2.05) is 36.4 Å². The van der Waals surface area contributed by atoms with Crippen LogP contribution < -0.4 is 20.7 Å². The van der Waals surface area contributed by atoms with Crippen LogP contribution in [0.1, 0.15) is 0 Å². The Morgan fingerprint density at radius 3 is 2.74 bits per heavy atom. The van der Waals surface area contributed by atoms with E-state index in [1.165, 1.54) is 18.4 Å². The quantitative estimate of drug-likeness (QED) is 0.806. The molecule has 1 aliphatic carbocycles. The minimum atomic E-state index is -0.421. The molecule has 0 aromatic carbocycles. The summed E-state index contributed by atoms with van der Waals surface area (Å²) < 4.78 is 5.12. The molecule has 2 aromatic heterocycles. The largest absolute Gasteiger partial charge is 0.616 e. The number of ether oxygens (including phenoxy) is 1. The molecule has 0 spiro atoms. The Bertz CT molecular complexity index is 817. The van der Waals surface area contributed by atoms with Crippen LogP contribution >= 0.6 is 11.3 Å². The van der Waals surface area contributed by atoms with Gasteiger partial charge in [0.2, 0.25) is 0 Å². The summed E-state index contributed by atoms with van der Waals surface area (Å²) in [7, 11) is 1.34. The van der Waals surface area contributed by atoms with Crippen LogP contribution in [0.4, 0.5) is 5.69 Å². The van der Waals surface area contributed by atoms with Crippen molar-refractivity contribution in [2.45, 2.75) is 0 Å². The van der Waals surface area contributed by atoms with Crippen molar-refractivity contribution in [3.05, 3.63) is 46.3 Å². The molecular weight excluding hydrogens is 260 g/mol. The van der Waals surface area contributed by atoms with Gasteiger partial charge in [0.05, 0.1) is 21.5 Å². The molecule has 5 heteroatoms. The number of nitrogen functional groups attached to an aromatic ring is 1. The zero-order valence-electron chi connectivity index (χ0n) is 10.2. The van der Waals surface area contributed by atoms with Crippen LogP contribution in [0.25, 0.3) is 21.7 Å². The van der Waals surface area contributed by atoms with Gasteiger partial charge in [-0.1, -0.05) is 24.3 Å². The second-order valence-corrected chi connectivity index (χ2v) is 5.06. The average molecular weight is 271 g/mol. The average Bonchev–Trinajstić information content (AvgIpc) is 3.06. The van der Waals surface area contributed by atoms with Gasteiger partial charge >= 0.3 is 0 Å². The molecule has 0 amide bonds. The highest BCUT2D eigenvalue weighted by molar-refractivity contribution is 7.17. The minimum Gasteiger partial charge on any atom is -0.616 e. The highest BCUT2D eigenvalue weighted by Gasteiger charge is 2.07. The van der Waals surface area contributed by atoms with Gasteiger partial charge in [-0.3, -0.25) is 0 Å². The normalized spacial score (nSPS) is 15.3. The lowest BCUT2D eigenvalue weighted by Gasteiger charge is -2.06. The first-order valence-electron chi connectivity index (χ1n) is 5.70.